The van der Waals surface area contributed by atoms with E-state index in [4.69, 9.17) is 4.98 Å². The van der Waals surface area contributed by atoms with Crippen LogP contribution in [0.2, 0.25) is 0 Å². The van der Waals surface area contributed by atoms with Gasteiger partial charge in [0, 0.05) is 30.1 Å². The second kappa shape index (κ2) is 7.25. The summed E-state index contributed by atoms with van der Waals surface area (Å²) >= 11 is 1.84. The predicted octanol–water partition coefficient (Wildman–Crippen LogP) is 3.97. The summed E-state index contributed by atoms with van der Waals surface area (Å²) in [4.78, 5) is 8.49. The minimum absolute atomic E-state index is 0.156. The van der Waals surface area contributed by atoms with E-state index in [1.54, 1.807) is 0 Å². The molecule has 3 nitrogen and oxygen atoms in total. The van der Waals surface area contributed by atoms with E-state index >= 15 is 0 Å². The topological polar surface area (TPSA) is 28.2 Å². The van der Waals surface area contributed by atoms with Crippen LogP contribution in [0.25, 0.3) is 0 Å². The van der Waals surface area contributed by atoms with Gasteiger partial charge in [0.15, 0.2) is 5.13 Å². The van der Waals surface area contributed by atoms with Crippen molar-refractivity contribution in [3.8, 4) is 0 Å². The van der Waals surface area contributed by atoms with Gasteiger partial charge in [-0.25, -0.2) is 4.98 Å². The first-order valence-electron chi connectivity index (χ1n) is 7.33. The first-order chi connectivity index (χ1) is 8.87. The van der Waals surface area contributed by atoms with E-state index in [9.17, 15) is 0 Å². The van der Waals surface area contributed by atoms with Crippen molar-refractivity contribution in [1.29, 1.82) is 0 Å². The molecule has 1 aromatic heterocycles. The van der Waals surface area contributed by atoms with E-state index in [0.717, 1.165) is 19.6 Å². The molecule has 110 valence electrons. The Bertz CT molecular complexity index is 379. The maximum atomic E-state index is 4.74. The molecular weight excluding hydrogens is 254 g/mol. The Balaban J connectivity index is 2.71. The van der Waals surface area contributed by atoms with Gasteiger partial charge in [0.1, 0.15) is 0 Å². The molecular formula is C15H29N3S. The molecule has 4 heteroatoms. The van der Waals surface area contributed by atoms with Crippen molar-refractivity contribution in [1.82, 2.24) is 10.3 Å². The summed E-state index contributed by atoms with van der Waals surface area (Å²) in [6.07, 6.45) is 2.47. The molecule has 0 aliphatic carbocycles. The molecule has 0 amide bonds. The molecule has 1 heterocycles. The van der Waals surface area contributed by atoms with E-state index in [1.807, 2.05) is 11.3 Å². The zero-order valence-electron chi connectivity index (χ0n) is 13.3. The largest absolute Gasteiger partial charge is 0.348 e. The maximum absolute atomic E-state index is 4.74. The Morgan fingerprint density at radius 2 is 1.95 bits per heavy atom. The van der Waals surface area contributed by atoms with Gasteiger partial charge in [-0.3, -0.25) is 0 Å². The molecule has 1 rings (SSSR count). The lowest BCUT2D eigenvalue weighted by molar-refractivity contribution is 0.425. The number of unbranched alkanes of at least 4 members (excludes halogenated alkanes) is 1. The van der Waals surface area contributed by atoms with Crippen LogP contribution >= 0.6 is 11.3 Å². The van der Waals surface area contributed by atoms with Gasteiger partial charge < -0.3 is 10.2 Å². The van der Waals surface area contributed by atoms with E-state index in [1.165, 1.54) is 28.5 Å². The van der Waals surface area contributed by atoms with Crippen LogP contribution in [0.5, 0.6) is 0 Å². The molecule has 0 aliphatic rings. The van der Waals surface area contributed by atoms with E-state index < -0.39 is 0 Å². The summed E-state index contributed by atoms with van der Waals surface area (Å²) < 4.78 is 0. The van der Waals surface area contributed by atoms with Gasteiger partial charge in [-0.1, -0.05) is 13.3 Å². The maximum Gasteiger partial charge on any atom is 0.185 e. The SMILES string of the molecule is CCCCN(CC)c1nc(C)c(CNC(C)(C)C)s1. The highest BCUT2D eigenvalue weighted by atomic mass is 32.1. The molecule has 19 heavy (non-hydrogen) atoms. The summed E-state index contributed by atoms with van der Waals surface area (Å²) in [5, 5.41) is 4.72. The lowest BCUT2D eigenvalue weighted by atomic mass is 10.1. The first-order valence-corrected chi connectivity index (χ1v) is 8.15. The second-order valence-corrected chi connectivity index (χ2v) is 7.10. The minimum Gasteiger partial charge on any atom is -0.348 e. The van der Waals surface area contributed by atoms with Gasteiger partial charge in [0.05, 0.1) is 5.69 Å². The van der Waals surface area contributed by atoms with E-state index in [-0.39, 0.29) is 5.54 Å². The average molecular weight is 283 g/mol. The average Bonchev–Trinajstić information content (AvgIpc) is 2.68. The fourth-order valence-electron chi connectivity index (χ4n) is 1.80. The molecule has 0 unspecified atom stereocenters. The highest BCUT2D eigenvalue weighted by Gasteiger charge is 2.15. The Hall–Kier alpha value is -0.610. The molecule has 0 saturated carbocycles. The van der Waals surface area contributed by atoms with Crippen molar-refractivity contribution >= 4 is 16.5 Å². The highest BCUT2D eigenvalue weighted by molar-refractivity contribution is 7.15. The Morgan fingerprint density at radius 1 is 1.26 bits per heavy atom. The van der Waals surface area contributed by atoms with E-state index in [2.05, 4.69) is 51.8 Å². The monoisotopic (exact) mass is 283 g/mol. The summed E-state index contributed by atoms with van der Waals surface area (Å²) in [7, 11) is 0. The molecule has 0 bridgehead atoms. The fourth-order valence-corrected chi connectivity index (χ4v) is 2.89. The van der Waals surface area contributed by atoms with Crippen molar-refractivity contribution in [2.24, 2.45) is 0 Å². The molecule has 0 radical (unpaired) electrons. The predicted molar refractivity (Wildman–Crippen MR) is 86.2 cm³/mol. The van der Waals surface area contributed by atoms with Crippen LogP contribution in [0, 0.1) is 6.92 Å². The van der Waals surface area contributed by atoms with Gasteiger partial charge in [-0.2, -0.15) is 0 Å². The lowest BCUT2D eigenvalue weighted by Gasteiger charge is -2.20. The lowest BCUT2D eigenvalue weighted by Crippen LogP contribution is -2.34. The summed E-state index contributed by atoms with van der Waals surface area (Å²) in [6.45, 7) is 16.2. The second-order valence-electron chi connectivity index (χ2n) is 6.04. The Kier molecular flexibility index (Phi) is 6.27. The Labute approximate surface area is 122 Å². The zero-order valence-corrected chi connectivity index (χ0v) is 14.2. The van der Waals surface area contributed by atoms with Crippen molar-refractivity contribution < 1.29 is 0 Å². The smallest absolute Gasteiger partial charge is 0.185 e. The zero-order chi connectivity index (χ0) is 14.5. The summed E-state index contributed by atoms with van der Waals surface area (Å²) in [5.74, 6) is 0. The molecule has 0 atom stereocenters. The van der Waals surface area contributed by atoms with Crippen LogP contribution in [0.1, 0.15) is 58.0 Å². The number of aromatic nitrogens is 1. The molecule has 0 saturated heterocycles. The van der Waals surface area contributed by atoms with Gasteiger partial charge >= 0.3 is 0 Å². The van der Waals surface area contributed by atoms with Crippen molar-refractivity contribution in [3.05, 3.63) is 10.6 Å². The number of aryl methyl sites for hydroxylation is 1. The normalized spacial score (nSPS) is 11.9. The fraction of sp³-hybridized carbons (Fsp3) is 0.800. The number of nitrogens with one attached hydrogen (secondary N) is 1. The van der Waals surface area contributed by atoms with E-state index in [0.29, 0.717) is 0 Å². The standard InChI is InChI=1S/C15H29N3S/c1-7-9-10-18(8-2)14-17-12(3)13(19-14)11-16-15(4,5)6/h16H,7-11H2,1-6H3. The summed E-state index contributed by atoms with van der Waals surface area (Å²) in [6, 6.07) is 0. The first kappa shape index (κ1) is 16.4. The number of hydrogen-bond donors (Lipinski definition) is 1. The molecule has 0 aliphatic heterocycles. The Morgan fingerprint density at radius 3 is 2.47 bits per heavy atom. The van der Waals surface area contributed by atoms with Crippen LogP contribution in [-0.2, 0) is 6.54 Å². The van der Waals surface area contributed by atoms with Gasteiger partial charge in [0.2, 0.25) is 0 Å². The third-order valence-corrected chi connectivity index (χ3v) is 4.31. The molecule has 1 N–H and O–H groups in total. The third kappa shape index (κ3) is 5.49. The third-order valence-electron chi connectivity index (χ3n) is 3.09. The number of rotatable bonds is 7. The van der Waals surface area contributed by atoms with Crippen molar-refractivity contribution in [3.63, 3.8) is 0 Å². The molecule has 0 fully saturated rings. The van der Waals surface area contributed by atoms with Crippen LogP contribution in [0.3, 0.4) is 0 Å². The highest BCUT2D eigenvalue weighted by Crippen LogP contribution is 2.26. The van der Waals surface area contributed by atoms with Crippen LogP contribution < -0.4 is 10.2 Å². The number of thiazole rings is 1. The van der Waals surface area contributed by atoms with Crippen molar-refractivity contribution in [2.75, 3.05) is 18.0 Å². The summed E-state index contributed by atoms with van der Waals surface area (Å²) in [5.41, 5.74) is 1.33. The van der Waals surface area contributed by atoms with Crippen molar-refractivity contribution in [2.45, 2.75) is 66.5 Å². The molecule has 0 aromatic carbocycles. The number of anilines is 1. The van der Waals surface area contributed by atoms with Crippen LogP contribution in [0.15, 0.2) is 0 Å². The number of nitrogens with zero attached hydrogens (tertiary/aromatic N) is 2. The minimum atomic E-state index is 0.156. The molecule has 0 spiro atoms. The molecule has 1 aromatic rings. The van der Waals surface area contributed by atoms with Gasteiger partial charge in [-0.15, -0.1) is 11.3 Å². The van der Waals surface area contributed by atoms with Gasteiger partial charge in [0.25, 0.3) is 0 Å². The quantitative estimate of drug-likeness (QED) is 0.821. The van der Waals surface area contributed by atoms with Gasteiger partial charge in [-0.05, 0) is 41.0 Å². The number of hydrogen-bond acceptors (Lipinski definition) is 4. The van der Waals surface area contributed by atoms with Crippen LogP contribution in [0.4, 0.5) is 5.13 Å². The van der Waals surface area contributed by atoms with Crippen LogP contribution in [-0.4, -0.2) is 23.6 Å².